The van der Waals surface area contributed by atoms with E-state index in [1.165, 1.54) is 0 Å². The summed E-state index contributed by atoms with van der Waals surface area (Å²) in [5.74, 6) is -2.42. The minimum atomic E-state index is -0.778. The van der Waals surface area contributed by atoms with E-state index >= 15 is 0 Å². The number of nitrogens with one attached hydrogen (secondary N) is 5. The number of carbonyl (C=O) groups is 3. The summed E-state index contributed by atoms with van der Waals surface area (Å²) in [6.07, 6.45) is -1.27. The van der Waals surface area contributed by atoms with Crippen LogP contribution in [0.4, 0.5) is 11.4 Å². The molecule has 2 fully saturated rings. The Bertz CT molecular complexity index is 964. The molecule has 0 bridgehead atoms. The number of fused-ring (bicyclic) bond motifs is 1. The Morgan fingerprint density at radius 1 is 1.00 bits per heavy atom. The molecule has 0 aromatic heterocycles. The maximum atomic E-state index is 12.9. The largest absolute Gasteiger partial charge is 0.353 e. The van der Waals surface area contributed by atoms with E-state index < -0.39 is 24.3 Å². The smallest absolute Gasteiger partial charge is 0.229 e. The van der Waals surface area contributed by atoms with Gasteiger partial charge in [-0.15, -0.1) is 0 Å². The SMILES string of the molecule is Cc1ccc(NC2NC(=O)C3C(NC(=O)CC3C(=O)Nc3ccc(Br)cc3)N2)cc1. The van der Waals surface area contributed by atoms with E-state index in [2.05, 4.69) is 42.5 Å². The lowest BCUT2D eigenvalue weighted by molar-refractivity contribution is -0.144. The van der Waals surface area contributed by atoms with Crippen molar-refractivity contribution in [3.63, 3.8) is 0 Å². The fourth-order valence-electron chi connectivity index (χ4n) is 3.74. The van der Waals surface area contributed by atoms with Crippen molar-refractivity contribution in [2.75, 3.05) is 10.6 Å². The predicted octanol–water partition coefficient (Wildman–Crippen LogP) is 1.89. The summed E-state index contributed by atoms with van der Waals surface area (Å²) in [4.78, 5) is 38.0. The molecule has 5 N–H and O–H groups in total. The zero-order valence-electron chi connectivity index (χ0n) is 16.2. The summed E-state index contributed by atoms with van der Waals surface area (Å²) in [6, 6.07) is 14.9. The minimum absolute atomic E-state index is 0.0469. The fraction of sp³-hybridized carbons (Fsp3) is 0.286. The first-order valence-corrected chi connectivity index (χ1v) is 10.4. The molecule has 0 radical (unpaired) electrons. The molecule has 2 aromatic carbocycles. The number of hydrogen-bond donors (Lipinski definition) is 5. The van der Waals surface area contributed by atoms with Crippen LogP contribution >= 0.6 is 15.9 Å². The van der Waals surface area contributed by atoms with Crippen molar-refractivity contribution in [1.82, 2.24) is 16.0 Å². The Hall–Kier alpha value is -2.91. The lowest BCUT2D eigenvalue weighted by Gasteiger charge is -2.43. The fourth-order valence-corrected chi connectivity index (χ4v) is 4.00. The van der Waals surface area contributed by atoms with Crippen LogP contribution in [0.3, 0.4) is 0 Å². The van der Waals surface area contributed by atoms with Gasteiger partial charge < -0.3 is 21.3 Å². The van der Waals surface area contributed by atoms with Gasteiger partial charge in [0, 0.05) is 22.3 Å². The number of amides is 3. The van der Waals surface area contributed by atoms with Gasteiger partial charge in [0.15, 0.2) is 6.29 Å². The molecule has 9 heteroatoms. The number of anilines is 2. The molecule has 2 heterocycles. The highest BCUT2D eigenvalue weighted by molar-refractivity contribution is 9.10. The first kappa shape index (κ1) is 20.4. The van der Waals surface area contributed by atoms with E-state index in [9.17, 15) is 14.4 Å². The van der Waals surface area contributed by atoms with Gasteiger partial charge in [-0.05, 0) is 43.3 Å². The third-order valence-electron chi connectivity index (χ3n) is 5.26. The summed E-state index contributed by atoms with van der Waals surface area (Å²) < 4.78 is 0.889. The number of aryl methyl sites for hydroxylation is 1. The molecule has 8 nitrogen and oxygen atoms in total. The highest BCUT2D eigenvalue weighted by atomic mass is 79.9. The highest BCUT2D eigenvalue weighted by Gasteiger charge is 2.48. The van der Waals surface area contributed by atoms with Gasteiger partial charge in [-0.3, -0.25) is 19.7 Å². The number of hydrogen-bond acceptors (Lipinski definition) is 5. The molecular weight excluding hydrogens is 450 g/mol. The summed E-state index contributed by atoms with van der Waals surface area (Å²) in [5.41, 5.74) is 2.55. The zero-order valence-corrected chi connectivity index (χ0v) is 17.8. The van der Waals surface area contributed by atoms with E-state index in [1.807, 2.05) is 43.3 Å². The van der Waals surface area contributed by atoms with Crippen LogP contribution in [0.5, 0.6) is 0 Å². The molecule has 2 aromatic rings. The van der Waals surface area contributed by atoms with Gasteiger partial charge in [-0.2, -0.15) is 0 Å². The quantitative estimate of drug-likeness (QED) is 0.467. The van der Waals surface area contributed by atoms with Gasteiger partial charge in [0.05, 0.1) is 18.0 Å². The summed E-state index contributed by atoms with van der Waals surface area (Å²) in [7, 11) is 0. The van der Waals surface area contributed by atoms with Gasteiger partial charge >= 0.3 is 0 Å². The number of carbonyl (C=O) groups excluding carboxylic acids is 3. The van der Waals surface area contributed by atoms with Crippen molar-refractivity contribution in [3.8, 4) is 0 Å². The van der Waals surface area contributed by atoms with Crippen molar-refractivity contribution in [1.29, 1.82) is 0 Å². The number of halogens is 1. The number of rotatable bonds is 4. The van der Waals surface area contributed by atoms with Crippen LogP contribution in [-0.4, -0.2) is 30.2 Å². The van der Waals surface area contributed by atoms with Crippen LogP contribution in [0.2, 0.25) is 0 Å². The Morgan fingerprint density at radius 3 is 2.37 bits per heavy atom. The molecule has 156 valence electrons. The van der Waals surface area contributed by atoms with E-state index in [1.54, 1.807) is 12.1 Å². The molecule has 4 unspecified atom stereocenters. The third kappa shape index (κ3) is 4.47. The van der Waals surface area contributed by atoms with Crippen LogP contribution in [0.15, 0.2) is 53.0 Å². The molecule has 3 amide bonds. The number of piperidine rings is 1. The Morgan fingerprint density at radius 2 is 1.67 bits per heavy atom. The van der Waals surface area contributed by atoms with E-state index in [0.717, 1.165) is 15.7 Å². The predicted molar refractivity (Wildman–Crippen MR) is 116 cm³/mol. The maximum Gasteiger partial charge on any atom is 0.229 e. The first-order chi connectivity index (χ1) is 14.4. The van der Waals surface area contributed by atoms with Crippen LogP contribution in [0.1, 0.15) is 12.0 Å². The van der Waals surface area contributed by atoms with Crippen molar-refractivity contribution < 1.29 is 14.4 Å². The van der Waals surface area contributed by atoms with Crippen LogP contribution < -0.4 is 26.6 Å². The van der Waals surface area contributed by atoms with Crippen LogP contribution in [0, 0.1) is 18.8 Å². The Labute approximate surface area is 182 Å². The second-order valence-electron chi connectivity index (χ2n) is 7.50. The Balaban J connectivity index is 1.47. The summed E-state index contributed by atoms with van der Waals surface area (Å²) in [5, 5.41) is 14.8. The third-order valence-corrected chi connectivity index (χ3v) is 5.79. The summed E-state index contributed by atoms with van der Waals surface area (Å²) in [6.45, 7) is 1.99. The van der Waals surface area contributed by atoms with Gasteiger partial charge in [-0.25, -0.2) is 0 Å². The second-order valence-corrected chi connectivity index (χ2v) is 8.41. The second kappa shape index (κ2) is 8.45. The zero-order chi connectivity index (χ0) is 21.3. The van der Waals surface area contributed by atoms with E-state index in [-0.39, 0.29) is 24.1 Å². The van der Waals surface area contributed by atoms with Crippen molar-refractivity contribution in [2.45, 2.75) is 25.8 Å². The molecular formula is C21H22BrN5O3. The number of benzene rings is 2. The molecule has 0 aliphatic carbocycles. The molecule has 0 saturated carbocycles. The lowest BCUT2D eigenvalue weighted by atomic mass is 9.81. The minimum Gasteiger partial charge on any atom is -0.353 e. The topological polar surface area (TPSA) is 111 Å². The van der Waals surface area contributed by atoms with Crippen molar-refractivity contribution in [2.24, 2.45) is 11.8 Å². The standard InChI is InChI=1S/C21H22BrN5O3/c1-11-2-6-14(7-3-11)24-21-26-18-17(20(30)27-21)15(10-16(28)25-18)19(29)23-13-8-4-12(22)5-9-13/h2-9,15,17-18,21,24,26H,10H2,1H3,(H,23,29)(H,25,28)(H,27,30). The maximum absolute atomic E-state index is 12.9. The van der Waals surface area contributed by atoms with Gasteiger partial charge in [-0.1, -0.05) is 33.6 Å². The molecule has 0 spiro atoms. The van der Waals surface area contributed by atoms with Gasteiger partial charge in [0.25, 0.3) is 0 Å². The van der Waals surface area contributed by atoms with Crippen molar-refractivity contribution in [3.05, 3.63) is 58.6 Å². The summed E-state index contributed by atoms with van der Waals surface area (Å²) >= 11 is 3.35. The average Bonchev–Trinajstić information content (AvgIpc) is 2.70. The molecule has 2 aliphatic heterocycles. The van der Waals surface area contributed by atoms with Crippen molar-refractivity contribution >= 4 is 45.0 Å². The van der Waals surface area contributed by atoms with E-state index in [4.69, 9.17) is 0 Å². The molecule has 4 atom stereocenters. The molecule has 30 heavy (non-hydrogen) atoms. The van der Waals surface area contributed by atoms with E-state index in [0.29, 0.717) is 5.69 Å². The molecule has 4 rings (SSSR count). The highest BCUT2D eigenvalue weighted by Crippen LogP contribution is 2.28. The normalized spacial score (nSPS) is 25.5. The Kier molecular flexibility index (Phi) is 5.74. The lowest BCUT2D eigenvalue weighted by Crippen LogP contribution is -2.72. The van der Waals surface area contributed by atoms with Crippen LogP contribution in [0.25, 0.3) is 0 Å². The molecule has 2 saturated heterocycles. The first-order valence-electron chi connectivity index (χ1n) is 9.64. The van der Waals surface area contributed by atoms with Crippen LogP contribution in [-0.2, 0) is 14.4 Å². The average molecular weight is 472 g/mol. The monoisotopic (exact) mass is 471 g/mol. The molecule has 2 aliphatic rings. The van der Waals surface area contributed by atoms with Gasteiger partial charge in [0.2, 0.25) is 17.7 Å². The van der Waals surface area contributed by atoms with Gasteiger partial charge in [0.1, 0.15) is 0 Å².